The van der Waals surface area contributed by atoms with Gasteiger partial charge in [0.05, 0.1) is 24.6 Å². The highest BCUT2D eigenvalue weighted by Gasteiger charge is 2.27. The van der Waals surface area contributed by atoms with Crippen molar-refractivity contribution < 1.29 is 4.74 Å². The maximum atomic E-state index is 12.2. The van der Waals surface area contributed by atoms with Crippen LogP contribution in [0.3, 0.4) is 0 Å². The zero-order chi connectivity index (χ0) is 18.2. The van der Waals surface area contributed by atoms with Crippen LogP contribution in [0.4, 0.5) is 5.82 Å². The Morgan fingerprint density at radius 1 is 1.11 bits per heavy atom. The van der Waals surface area contributed by atoms with Crippen LogP contribution in [0.25, 0.3) is 0 Å². The molecule has 7 nitrogen and oxygen atoms in total. The van der Waals surface area contributed by atoms with Gasteiger partial charge in [-0.15, -0.1) is 0 Å². The van der Waals surface area contributed by atoms with Gasteiger partial charge in [-0.1, -0.05) is 0 Å². The molecule has 0 bridgehead atoms. The van der Waals surface area contributed by atoms with E-state index < -0.39 is 0 Å². The molecule has 27 heavy (non-hydrogen) atoms. The Kier molecular flexibility index (Phi) is 4.39. The van der Waals surface area contributed by atoms with Crippen LogP contribution in [-0.2, 0) is 24.3 Å². The van der Waals surface area contributed by atoms with Gasteiger partial charge in [0.15, 0.2) is 0 Å². The molecule has 0 atom stereocenters. The first-order chi connectivity index (χ1) is 13.3. The molecule has 0 unspecified atom stereocenters. The molecule has 5 rings (SSSR count). The average molecular weight is 367 g/mol. The molecule has 0 amide bonds. The Balaban J connectivity index is 1.26. The van der Waals surface area contributed by atoms with Crippen molar-refractivity contribution in [3.8, 4) is 0 Å². The number of rotatable bonds is 4. The van der Waals surface area contributed by atoms with E-state index >= 15 is 0 Å². The maximum Gasteiger partial charge on any atom is 0.266 e. The van der Waals surface area contributed by atoms with Crippen LogP contribution in [0.1, 0.15) is 48.6 Å². The normalized spacial score (nSPS) is 20.5. The van der Waals surface area contributed by atoms with Crippen LogP contribution in [0, 0.1) is 5.92 Å². The average Bonchev–Trinajstić information content (AvgIpc) is 3.55. The first-order valence-electron chi connectivity index (χ1n) is 10.0. The zero-order valence-corrected chi connectivity index (χ0v) is 15.5. The third-order valence-electron chi connectivity index (χ3n) is 5.97. The van der Waals surface area contributed by atoms with E-state index in [-0.39, 0.29) is 5.56 Å². The lowest BCUT2D eigenvalue weighted by atomic mass is 9.96. The molecule has 2 aromatic rings. The Labute approximate surface area is 158 Å². The number of hydrogen-bond acceptors (Lipinski definition) is 6. The highest BCUT2D eigenvalue weighted by atomic mass is 16.5. The number of anilines is 1. The summed E-state index contributed by atoms with van der Waals surface area (Å²) in [6, 6.07) is 3.59. The van der Waals surface area contributed by atoms with Gasteiger partial charge >= 0.3 is 0 Å². The molecule has 1 saturated carbocycles. The van der Waals surface area contributed by atoms with Gasteiger partial charge in [-0.3, -0.25) is 4.79 Å². The monoisotopic (exact) mass is 367 g/mol. The lowest BCUT2D eigenvalue weighted by Gasteiger charge is -2.34. The lowest BCUT2D eigenvalue weighted by molar-refractivity contribution is 0.109. The Bertz CT molecular complexity index is 884. The van der Waals surface area contributed by atoms with Crippen molar-refractivity contribution in [3.05, 3.63) is 45.8 Å². The van der Waals surface area contributed by atoms with Crippen molar-refractivity contribution in [3.63, 3.8) is 0 Å². The number of hydrogen-bond donors (Lipinski definition) is 0. The fourth-order valence-corrected chi connectivity index (χ4v) is 4.18. The van der Waals surface area contributed by atoms with Gasteiger partial charge in [0.25, 0.3) is 5.56 Å². The molecule has 0 spiro atoms. The van der Waals surface area contributed by atoms with Crippen LogP contribution in [-0.4, -0.2) is 39.4 Å². The number of ether oxygens (including phenoxy) is 1. The second-order valence-electron chi connectivity index (χ2n) is 7.91. The van der Waals surface area contributed by atoms with E-state index in [4.69, 9.17) is 4.74 Å². The molecule has 0 radical (unpaired) electrons. The van der Waals surface area contributed by atoms with Gasteiger partial charge < -0.3 is 9.64 Å². The molecule has 0 N–H and O–H groups in total. The summed E-state index contributed by atoms with van der Waals surface area (Å²) >= 11 is 0. The number of fused-ring (bicyclic) bond motifs is 1. The second kappa shape index (κ2) is 7.03. The smallest absolute Gasteiger partial charge is 0.266 e. The Morgan fingerprint density at radius 3 is 2.78 bits per heavy atom. The van der Waals surface area contributed by atoms with Crippen molar-refractivity contribution in [2.45, 2.75) is 51.2 Å². The maximum absolute atomic E-state index is 12.2. The van der Waals surface area contributed by atoms with Crippen LogP contribution in [0.2, 0.25) is 0 Å². The fourth-order valence-electron chi connectivity index (χ4n) is 4.18. The van der Waals surface area contributed by atoms with Crippen molar-refractivity contribution in [1.29, 1.82) is 0 Å². The summed E-state index contributed by atoms with van der Waals surface area (Å²) in [5.41, 5.74) is 3.38. The topological polar surface area (TPSA) is 73.1 Å². The summed E-state index contributed by atoms with van der Waals surface area (Å²) in [5, 5.41) is 4.62. The quantitative estimate of drug-likeness (QED) is 0.822. The van der Waals surface area contributed by atoms with Gasteiger partial charge in [0.1, 0.15) is 12.1 Å². The van der Waals surface area contributed by atoms with Gasteiger partial charge in [0.2, 0.25) is 0 Å². The van der Waals surface area contributed by atoms with E-state index in [1.807, 2.05) is 6.07 Å². The third kappa shape index (κ3) is 3.48. The summed E-state index contributed by atoms with van der Waals surface area (Å²) in [6.07, 6.45) is 7.04. The SMILES string of the molecule is O=c1ccc(C2CC2)nn1CC1CCN(c2ncnc3c2COCC3)CC1. The van der Waals surface area contributed by atoms with Gasteiger partial charge in [-0.05, 0) is 37.7 Å². The van der Waals surface area contributed by atoms with E-state index in [2.05, 4.69) is 20.0 Å². The molecular formula is C20H25N5O2. The highest BCUT2D eigenvalue weighted by molar-refractivity contribution is 5.49. The summed E-state index contributed by atoms with van der Waals surface area (Å²) in [7, 11) is 0. The predicted molar refractivity (Wildman–Crippen MR) is 101 cm³/mol. The predicted octanol–water partition coefficient (Wildman–Crippen LogP) is 1.90. The minimum atomic E-state index is 0.0175. The summed E-state index contributed by atoms with van der Waals surface area (Å²) in [6.45, 7) is 3.97. The third-order valence-corrected chi connectivity index (χ3v) is 5.97. The first-order valence-corrected chi connectivity index (χ1v) is 10.0. The lowest BCUT2D eigenvalue weighted by Crippen LogP contribution is -2.38. The molecular weight excluding hydrogens is 342 g/mol. The summed E-state index contributed by atoms with van der Waals surface area (Å²) in [5.74, 6) is 2.09. The largest absolute Gasteiger partial charge is 0.376 e. The molecule has 4 heterocycles. The minimum absolute atomic E-state index is 0.0175. The Morgan fingerprint density at radius 2 is 1.96 bits per heavy atom. The molecule has 2 aromatic heterocycles. The Hall–Kier alpha value is -2.28. The molecule has 1 saturated heterocycles. The van der Waals surface area contributed by atoms with E-state index in [0.717, 1.165) is 68.3 Å². The minimum Gasteiger partial charge on any atom is -0.376 e. The molecule has 142 valence electrons. The number of nitrogens with zero attached hydrogens (tertiary/aromatic N) is 5. The van der Waals surface area contributed by atoms with E-state index in [1.165, 1.54) is 12.8 Å². The van der Waals surface area contributed by atoms with Crippen LogP contribution < -0.4 is 10.5 Å². The van der Waals surface area contributed by atoms with Gasteiger partial charge in [-0.2, -0.15) is 5.10 Å². The van der Waals surface area contributed by atoms with Crippen LogP contribution >= 0.6 is 0 Å². The van der Waals surface area contributed by atoms with Crippen LogP contribution in [0.5, 0.6) is 0 Å². The highest BCUT2D eigenvalue weighted by Crippen LogP contribution is 2.38. The molecule has 1 aliphatic carbocycles. The molecule has 2 aliphatic heterocycles. The molecule has 3 aliphatic rings. The van der Waals surface area contributed by atoms with Crippen molar-refractivity contribution in [2.24, 2.45) is 5.92 Å². The number of piperidine rings is 1. The van der Waals surface area contributed by atoms with Gasteiger partial charge in [-0.25, -0.2) is 14.6 Å². The molecule has 7 heteroatoms. The summed E-state index contributed by atoms with van der Waals surface area (Å²) < 4.78 is 7.31. The van der Waals surface area contributed by atoms with Gasteiger partial charge in [0, 0.05) is 43.6 Å². The standard InChI is InChI=1S/C20H25N5O2/c26-19-4-3-17(15-1-2-15)23-25(19)11-14-5-8-24(9-6-14)20-16-12-27-10-7-18(16)21-13-22-20/h3-4,13-15H,1-2,5-12H2. The zero-order valence-electron chi connectivity index (χ0n) is 15.5. The van der Waals surface area contributed by atoms with Crippen LogP contribution in [0.15, 0.2) is 23.3 Å². The van der Waals surface area contributed by atoms with Crippen molar-refractivity contribution >= 4 is 5.82 Å². The first kappa shape index (κ1) is 16.9. The fraction of sp³-hybridized carbons (Fsp3) is 0.600. The van der Waals surface area contributed by atoms with E-state index in [0.29, 0.717) is 18.4 Å². The van der Waals surface area contributed by atoms with Crippen molar-refractivity contribution in [2.75, 3.05) is 24.6 Å². The van der Waals surface area contributed by atoms with Crippen molar-refractivity contribution in [1.82, 2.24) is 19.7 Å². The van der Waals surface area contributed by atoms with E-state index in [1.54, 1.807) is 17.1 Å². The molecule has 2 fully saturated rings. The second-order valence-corrected chi connectivity index (χ2v) is 7.91. The number of aromatic nitrogens is 4. The molecule has 0 aromatic carbocycles. The summed E-state index contributed by atoms with van der Waals surface area (Å²) in [4.78, 5) is 23.5. The van der Waals surface area contributed by atoms with E-state index in [9.17, 15) is 4.79 Å².